The molecule has 1 aliphatic rings. The van der Waals surface area contributed by atoms with Crippen molar-refractivity contribution in [3.63, 3.8) is 0 Å². The van der Waals surface area contributed by atoms with Crippen LogP contribution < -0.4 is 4.42 Å². The molecule has 1 N–H and O–H groups in total. The number of nitrogens with zero attached hydrogens (tertiary/aromatic N) is 6. The van der Waals surface area contributed by atoms with E-state index in [1.165, 1.54) is 10.7 Å². The molecule has 8 heteroatoms. The van der Waals surface area contributed by atoms with Crippen molar-refractivity contribution in [3.05, 3.63) is 31.1 Å². The number of β-amino-alcohol motifs (C(OH)–C–C–N with tert-alkyl or cyclic N) is 1. The Hall–Kier alpha value is -1.70. The molecule has 0 saturated carbocycles. The van der Waals surface area contributed by atoms with Crippen molar-refractivity contribution in [1.29, 1.82) is 0 Å². The van der Waals surface area contributed by atoms with E-state index in [9.17, 15) is 5.11 Å². The summed E-state index contributed by atoms with van der Waals surface area (Å²) in [5.41, 5.74) is 0.854. The van der Waals surface area contributed by atoms with Gasteiger partial charge < -0.3 is 10.0 Å². The van der Waals surface area contributed by atoms with Gasteiger partial charge in [-0.25, -0.2) is 14.4 Å². The fourth-order valence-electron chi connectivity index (χ4n) is 3.06. The maximum atomic E-state index is 9.94. The first-order valence-corrected chi connectivity index (χ1v) is 8.46. The van der Waals surface area contributed by atoms with Gasteiger partial charge in [-0.2, -0.15) is 5.10 Å². The molecule has 0 unspecified atom stereocenters. The molecule has 24 heavy (non-hydrogen) atoms. The van der Waals surface area contributed by atoms with E-state index in [0.717, 1.165) is 31.6 Å². The molecule has 7 nitrogen and oxygen atoms in total. The second-order valence-electron chi connectivity index (χ2n) is 6.88. The lowest BCUT2D eigenvalue weighted by molar-refractivity contribution is 0.0246. The van der Waals surface area contributed by atoms with Crippen molar-refractivity contribution >= 4 is 23.2 Å². The molecule has 130 valence electrons. The molecule has 2 aromatic rings. The Bertz CT molecular complexity index is 648. The highest BCUT2D eigenvalue weighted by Gasteiger charge is 2.25. The van der Waals surface area contributed by atoms with Crippen LogP contribution in [0.3, 0.4) is 0 Å². The maximum Gasteiger partial charge on any atom is 0.115 e. The van der Waals surface area contributed by atoms with Crippen molar-refractivity contribution in [2.24, 2.45) is 0 Å². The number of hydrogen-bond acceptors (Lipinski definition) is 6. The van der Waals surface area contributed by atoms with Crippen LogP contribution in [0.5, 0.6) is 0 Å². The first-order chi connectivity index (χ1) is 11.4. The number of aromatic nitrogens is 4. The van der Waals surface area contributed by atoms with Crippen molar-refractivity contribution in [2.45, 2.75) is 38.3 Å². The summed E-state index contributed by atoms with van der Waals surface area (Å²) in [7, 11) is 0. The van der Waals surface area contributed by atoms with Crippen LogP contribution >= 0.6 is 11.8 Å². The molecule has 1 aliphatic heterocycles. The van der Waals surface area contributed by atoms with E-state index in [4.69, 9.17) is 11.8 Å². The highest BCUT2D eigenvalue weighted by molar-refractivity contribution is 6.29. The highest BCUT2D eigenvalue weighted by atomic mass is 35.5. The minimum atomic E-state index is -0.650. The van der Waals surface area contributed by atoms with Gasteiger partial charge in [0.2, 0.25) is 0 Å². The van der Waals surface area contributed by atoms with E-state index < -0.39 is 5.60 Å². The number of aliphatic hydroxyl groups is 1. The van der Waals surface area contributed by atoms with Gasteiger partial charge in [-0.05, 0) is 26.7 Å². The van der Waals surface area contributed by atoms with Crippen LogP contribution in [0.2, 0.25) is 0 Å². The van der Waals surface area contributed by atoms with E-state index >= 15 is 0 Å². The average Bonchev–Trinajstić information content (AvgIpc) is 3.04. The summed E-state index contributed by atoms with van der Waals surface area (Å²) in [5, 5.41) is 14.4. The minimum absolute atomic E-state index is 0.355. The highest BCUT2D eigenvalue weighted by Crippen LogP contribution is 2.29. The molecule has 1 saturated heterocycles. The van der Waals surface area contributed by atoms with E-state index in [2.05, 4.69) is 20.0 Å². The number of anilines is 2. The lowest BCUT2D eigenvalue weighted by Gasteiger charge is -2.35. The molecule has 0 amide bonds. The lowest BCUT2D eigenvalue weighted by Crippen LogP contribution is -2.43. The van der Waals surface area contributed by atoms with Gasteiger partial charge >= 0.3 is 0 Å². The van der Waals surface area contributed by atoms with Crippen molar-refractivity contribution in [2.75, 3.05) is 24.1 Å². The van der Waals surface area contributed by atoms with E-state index in [0.29, 0.717) is 18.3 Å². The molecule has 0 aliphatic carbocycles. The largest absolute Gasteiger partial charge is 0.389 e. The molecule has 1 fully saturated rings. The van der Waals surface area contributed by atoms with Crippen molar-refractivity contribution < 1.29 is 5.11 Å². The third-order valence-electron chi connectivity index (χ3n) is 4.13. The van der Waals surface area contributed by atoms with Crippen LogP contribution in [0.1, 0.15) is 32.7 Å². The van der Waals surface area contributed by atoms with Crippen LogP contribution in [0.4, 0.5) is 11.4 Å². The number of rotatable bonds is 5. The summed E-state index contributed by atoms with van der Waals surface area (Å²) in [5.74, 6) is 0. The predicted molar refractivity (Wildman–Crippen MR) is 93.3 cm³/mol. The molecule has 0 bridgehead atoms. The van der Waals surface area contributed by atoms with Crippen LogP contribution in [0, 0.1) is 0 Å². The second-order valence-corrected chi connectivity index (χ2v) is 7.21. The standard InChI is InChI=1S/C16H23ClN6O/c1-16(2,24)11-21-5-3-13(4-6-21)22-10-15(9-20-22)23(17)14-7-18-12-19-8-14/h7-10,12-13,24H,3-6,11H2,1-2H3. The van der Waals surface area contributed by atoms with Crippen LogP contribution in [-0.4, -0.2) is 55.0 Å². The average molecular weight is 351 g/mol. The van der Waals surface area contributed by atoms with Gasteiger partial charge in [-0.15, -0.1) is 0 Å². The molecular weight excluding hydrogens is 328 g/mol. The van der Waals surface area contributed by atoms with Crippen LogP contribution in [-0.2, 0) is 0 Å². The Morgan fingerprint density at radius 2 is 1.88 bits per heavy atom. The molecule has 0 radical (unpaired) electrons. The Morgan fingerprint density at radius 1 is 1.21 bits per heavy atom. The fraction of sp³-hybridized carbons (Fsp3) is 0.562. The molecule has 3 rings (SSSR count). The van der Waals surface area contributed by atoms with Crippen LogP contribution in [0.25, 0.3) is 0 Å². The number of likely N-dealkylation sites (tertiary alicyclic amines) is 1. The first-order valence-electron chi connectivity index (χ1n) is 8.12. The van der Waals surface area contributed by atoms with Crippen molar-refractivity contribution in [3.8, 4) is 0 Å². The summed E-state index contributed by atoms with van der Waals surface area (Å²) < 4.78 is 3.49. The van der Waals surface area contributed by atoms with Gasteiger partial charge in [-0.1, -0.05) is 0 Å². The van der Waals surface area contributed by atoms with E-state index in [-0.39, 0.29) is 0 Å². The zero-order valence-electron chi connectivity index (χ0n) is 14.0. The Labute approximate surface area is 147 Å². The third kappa shape index (κ3) is 4.23. The second kappa shape index (κ2) is 7.04. The SMILES string of the molecule is CC(C)(O)CN1CCC(n2cc(N(Cl)c3cncnc3)cn2)CC1. The summed E-state index contributed by atoms with van der Waals surface area (Å²) in [4.78, 5) is 10.3. The van der Waals surface area contributed by atoms with E-state index in [1.54, 1.807) is 18.6 Å². The van der Waals surface area contributed by atoms with Crippen LogP contribution in [0.15, 0.2) is 31.1 Å². The van der Waals surface area contributed by atoms with Gasteiger partial charge in [0.1, 0.15) is 6.33 Å². The lowest BCUT2D eigenvalue weighted by atomic mass is 10.0. The first kappa shape index (κ1) is 17.1. The molecular formula is C16H23ClN6O. The summed E-state index contributed by atoms with van der Waals surface area (Å²) in [6.45, 7) is 6.32. The minimum Gasteiger partial charge on any atom is -0.389 e. The normalized spacial score (nSPS) is 17.2. The summed E-state index contributed by atoms with van der Waals surface area (Å²) in [6, 6.07) is 0.355. The Kier molecular flexibility index (Phi) is 5.03. The van der Waals surface area contributed by atoms with Gasteiger partial charge in [0.05, 0.1) is 47.8 Å². The zero-order valence-corrected chi connectivity index (χ0v) is 14.8. The summed E-state index contributed by atoms with van der Waals surface area (Å²) >= 11 is 6.34. The topological polar surface area (TPSA) is 70.3 Å². The number of halogens is 1. The molecule has 0 aromatic carbocycles. The van der Waals surface area contributed by atoms with Gasteiger partial charge in [0.25, 0.3) is 0 Å². The smallest absolute Gasteiger partial charge is 0.115 e. The van der Waals surface area contributed by atoms with E-state index in [1.807, 2.05) is 24.7 Å². The molecule has 0 atom stereocenters. The van der Waals surface area contributed by atoms with Crippen molar-refractivity contribution in [1.82, 2.24) is 24.6 Å². The summed E-state index contributed by atoms with van der Waals surface area (Å²) in [6.07, 6.45) is 10.5. The fourth-order valence-corrected chi connectivity index (χ4v) is 3.23. The van der Waals surface area contributed by atoms with Gasteiger partial charge in [-0.3, -0.25) is 4.68 Å². The Balaban J connectivity index is 1.61. The third-order valence-corrected chi connectivity index (χ3v) is 4.52. The number of hydrogen-bond donors (Lipinski definition) is 1. The molecule has 3 heterocycles. The number of piperidine rings is 1. The predicted octanol–water partition coefficient (Wildman–Crippen LogP) is 2.37. The zero-order chi connectivity index (χ0) is 17.2. The quantitative estimate of drug-likeness (QED) is 0.835. The molecule has 0 spiro atoms. The Morgan fingerprint density at radius 3 is 2.50 bits per heavy atom. The maximum absolute atomic E-state index is 9.94. The van der Waals surface area contributed by atoms with Gasteiger partial charge in [0.15, 0.2) is 0 Å². The van der Waals surface area contributed by atoms with Gasteiger partial charge in [0, 0.05) is 31.4 Å². The molecule has 2 aromatic heterocycles. The monoisotopic (exact) mass is 350 g/mol.